The second kappa shape index (κ2) is 7.01. The van der Waals surface area contributed by atoms with Gasteiger partial charge in [-0.3, -0.25) is 0 Å². The fraction of sp³-hybridized carbons (Fsp3) is 0.833. The zero-order chi connectivity index (χ0) is 12.8. The first-order chi connectivity index (χ1) is 8.79. The van der Waals surface area contributed by atoms with Crippen LogP contribution in [0.1, 0.15) is 25.1 Å². The molecule has 1 saturated heterocycles. The molecule has 1 aromatic heterocycles. The van der Waals surface area contributed by atoms with Crippen LogP contribution in [0.25, 0.3) is 0 Å². The molecule has 0 unspecified atom stereocenters. The van der Waals surface area contributed by atoms with E-state index < -0.39 is 0 Å². The Balaban J connectivity index is 1.81. The predicted molar refractivity (Wildman–Crippen MR) is 76.2 cm³/mol. The third kappa shape index (κ3) is 3.90. The highest BCUT2D eigenvalue weighted by molar-refractivity contribution is 7.09. The minimum Gasteiger partial charge on any atom is -0.346 e. The minimum absolute atomic E-state index is 0.810. The van der Waals surface area contributed by atoms with Crippen molar-refractivity contribution < 1.29 is 0 Å². The van der Waals surface area contributed by atoms with E-state index in [4.69, 9.17) is 5.73 Å². The second-order valence-electron chi connectivity index (χ2n) is 4.80. The van der Waals surface area contributed by atoms with Crippen molar-refractivity contribution in [2.24, 2.45) is 5.73 Å². The molecular formula is C12H23N5S. The summed E-state index contributed by atoms with van der Waals surface area (Å²) in [6.07, 6.45) is 3.56. The Labute approximate surface area is 113 Å². The highest BCUT2D eigenvalue weighted by atomic mass is 32.1. The molecule has 1 aliphatic heterocycles. The zero-order valence-electron chi connectivity index (χ0n) is 11.1. The summed E-state index contributed by atoms with van der Waals surface area (Å²) in [5, 5.41) is 1.08. The summed E-state index contributed by atoms with van der Waals surface area (Å²) in [6.45, 7) is 8.43. The number of nitrogens with zero attached hydrogens (tertiary/aromatic N) is 4. The summed E-state index contributed by atoms with van der Waals surface area (Å²) < 4.78 is 4.26. The molecule has 0 saturated carbocycles. The first kappa shape index (κ1) is 13.7. The molecule has 1 aromatic rings. The lowest BCUT2D eigenvalue weighted by Gasteiger charge is -2.20. The number of aromatic nitrogens is 2. The number of rotatable bonds is 5. The Morgan fingerprint density at radius 1 is 1.22 bits per heavy atom. The minimum atomic E-state index is 0.810. The smallest absolute Gasteiger partial charge is 0.205 e. The van der Waals surface area contributed by atoms with Crippen LogP contribution in [0.4, 0.5) is 5.13 Å². The van der Waals surface area contributed by atoms with Crippen LogP contribution < -0.4 is 10.6 Å². The lowest BCUT2D eigenvalue weighted by Crippen LogP contribution is -2.31. The Morgan fingerprint density at radius 2 is 2.11 bits per heavy atom. The van der Waals surface area contributed by atoms with Crippen LogP contribution in [0.3, 0.4) is 0 Å². The third-order valence-electron chi connectivity index (χ3n) is 3.30. The van der Waals surface area contributed by atoms with Gasteiger partial charge in [-0.05, 0) is 45.8 Å². The van der Waals surface area contributed by atoms with Crippen molar-refractivity contribution in [1.29, 1.82) is 0 Å². The van der Waals surface area contributed by atoms with Crippen molar-refractivity contribution in [3.8, 4) is 0 Å². The van der Waals surface area contributed by atoms with Gasteiger partial charge in [-0.15, -0.1) is 0 Å². The van der Waals surface area contributed by atoms with Crippen LogP contribution in [0.15, 0.2) is 0 Å². The molecule has 2 heterocycles. The van der Waals surface area contributed by atoms with Crippen molar-refractivity contribution in [2.45, 2.75) is 26.2 Å². The van der Waals surface area contributed by atoms with Gasteiger partial charge in [0.1, 0.15) is 5.82 Å². The summed E-state index contributed by atoms with van der Waals surface area (Å²) in [4.78, 5) is 9.39. The molecule has 2 N–H and O–H groups in total. The van der Waals surface area contributed by atoms with Gasteiger partial charge in [0.05, 0.1) is 0 Å². The summed E-state index contributed by atoms with van der Waals surface area (Å²) in [6, 6.07) is 0. The topological polar surface area (TPSA) is 58.3 Å². The van der Waals surface area contributed by atoms with Crippen molar-refractivity contribution in [3.63, 3.8) is 0 Å². The average molecular weight is 269 g/mol. The van der Waals surface area contributed by atoms with Crippen LogP contribution in [0.5, 0.6) is 0 Å². The van der Waals surface area contributed by atoms with Gasteiger partial charge in [-0.2, -0.15) is 4.37 Å². The van der Waals surface area contributed by atoms with Crippen LogP contribution in [-0.4, -0.2) is 53.5 Å². The molecule has 0 aromatic carbocycles. The van der Waals surface area contributed by atoms with E-state index in [1.165, 1.54) is 37.5 Å². The number of aryl methyl sites for hydroxylation is 1. The maximum absolute atomic E-state index is 5.53. The van der Waals surface area contributed by atoms with Gasteiger partial charge in [-0.1, -0.05) is 0 Å². The molecule has 102 valence electrons. The molecule has 0 atom stereocenters. The van der Waals surface area contributed by atoms with E-state index in [2.05, 4.69) is 19.2 Å². The van der Waals surface area contributed by atoms with E-state index in [0.717, 1.165) is 43.6 Å². The van der Waals surface area contributed by atoms with Crippen molar-refractivity contribution >= 4 is 16.7 Å². The number of anilines is 1. The molecule has 18 heavy (non-hydrogen) atoms. The standard InChI is InChI=1S/C12H23N5S/c1-11-14-12(18-15-11)17-8-4-7-16(9-10-17)6-3-2-5-13/h2-10,13H2,1H3. The molecule has 0 aliphatic carbocycles. The maximum Gasteiger partial charge on any atom is 0.205 e. The van der Waals surface area contributed by atoms with Gasteiger partial charge in [0.25, 0.3) is 0 Å². The third-order valence-corrected chi connectivity index (χ3v) is 4.17. The van der Waals surface area contributed by atoms with Crippen molar-refractivity contribution in [3.05, 3.63) is 5.82 Å². The molecule has 1 fully saturated rings. The number of unbranched alkanes of at least 4 members (excludes halogenated alkanes) is 1. The van der Waals surface area contributed by atoms with Gasteiger partial charge in [0.15, 0.2) is 0 Å². The predicted octanol–water partition coefficient (Wildman–Crippen LogP) is 1.10. The van der Waals surface area contributed by atoms with Crippen LogP contribution in [0, 0.1) is 6.92 Å². The fourth-order valence-electron chi connectivity index (χ4n) is 2.28. The van der Waals surface area contributed by atoms with E-state index in [-0.39, 0.29) is 0 Å². The Hall–Kier alpha value is -0.720. The van der Waals surface area contributed by atoms with E-state index in [1.54, 1.807) is 0 Å². The van der Waals surface area contributed by atoms with Gasteiger partial charge in [0.2, 0.25) is 5.13 Å². The second-order valence-corrected chi connectivity index (χ2v) is 5.53. The van der Waals surface area contributed by atoms with Gasteiger partial charge < -0.3 is 15.5 Å². The fourth-order valence-corrected chi connectivity index (χ4v) is 3.01. The summed E-state index contributed by atoms with van der Waals surface area (Å²) in [5.74, 6) is 0.888. The molecule has 0 radical (unpaired) electrons. The van der Waals surface area contributed by atoms with E-state index >= 15 is 0 Å². The van der Waals surface area contributed by atoms with Gasteiger partial charge >= 0.3 is 0 Å². The molecule has 1 aliphatic rings. The van der Waals surface area contributed by atoms with Crippen molar-refractivity contribution in [1.82, 2.24) is 14.3 Å². The first-order valence-electron chi connectivity index (χ1n) is 6.77. The van der Waals surface area contributed by atoms with Crippen LogP contribution in [-0.2, 0) is 0 Å². The summed E-state index contributed by atoms with van der Waals surface area (Å²) in [5.41, 5.74) is 5.53. The van der Waals surface area contributed by atoms with Crippen LogP contribution in [0.2, 0.25) is 0 Å². The van der Waals surface area contributed by atoms with E-state index in [9.17, 15) is 0 Å². The zero-order valence-corrected chi connectivity index (χ0v) is 12.0. The molecule has 6 heteroatoms. The lowest BCUT2D eigenvalue weighted by molar-refractivity contribution is 0.288. The maximum atomic E-state index is 5.53. The molecule has 2 rings (SSSR count). The summed E-state index contributed by atoms with van der Waals surface area (Å²) in [7, 11) is 0. The van der Waals surface area contributed by atoms with Gasteiger partial charge in [0, 0.05) is 31.2 Å². The number of hydrogen-bond acceptors (Lipinski definition) is 6. The van der Waals surface area contributed by atoms with E-state index in [0.29, 0.717) is 0 Å². The lowest BCUT2D eigenvalue weighted by atomic mass is 10.3. The highest BCUT2D eigenvalue weighted by Gasteiger charge is 2.17. The molecule has 5 nitrogen and oxygen atoms in total. The molecular weight excluding hydrogens is 246 g/mol. The van der Waals surface area contributed by atoms with Crippen LogP contribution >= 0.6 is 11.5 Å². The first-order valence-corrected chi connectivity index (χ1v) is 7.54. The largest absolute Gasteiger partial charge is 0.346 e. The molecule has 0 amide bonds. The monoisotopic (exact) mass is 269 g/mol. The van der Waals surface area contributed by atoms with Crippen molar-refractivity contribution in [2.75, 3.05) is 44.2 Å². The number of hydrogen-bond donors (Lipinski definition) is 1. The Kier molecular flexibility index (Phi) is 5.34. The highest BCUT2D eigenvalue weighted by Crippen LogP contribution is 2.18. The normalized spacial score (nSPS) is 18.0. The van der Waals surface area contributed by atoms with E-state index in [1.807, 2.05) is 6.92 Å². The molecule has 0 bridgehead atoms. The quantitative estimate of drug-likeness (QED) is 0.811. The Morgan fingerprint density at radius 3 is 2.83 bits per heavy atom. The average Bonchev–Trinajstić information content (AvgIpc) is 2.66. The van der Waals surface area contributed by atoms with Gasteiger partial charge in [-0.25, -0.2) is 4.98 Å². The Bertz CT molecular complexity index is 354. The molecule has 0 spiro atoms. The SMILES string of the molecule is Cc1nsc(N2CCCN(CCCCN)CC2)n1. The summed E-state index contributed by atoms with van der Waals surface area (Å²) >= 11 is 1.52. The number of nitrogens with two attached hydrogens (primary N) is 1.